The zero-order valence-corrected chi connectivity index (χ0v) is 9.59. The highest BCUT2D eigenvalue weighted by Gasteiger charge is 2.14. The second-order valence-electron chi connectivity index (χ2n) is 3.96. The van der Waals surface area contributed by atoms with Gasteiger partial charge in [-0.15, -0.1) is 0 Å². The SMILES string of the molecule is NC(=NCc1ccsc1)NC1CCCC1. The molecule has 3 N–H and O–H groups in total. The summed E-state index contributed by atoms with van der Waals surface area (Å²) in [6.45, 7) is 0.690. The average Bonchev–Trinajstić information content (AvgIpc) is 2.86. The summed E-state index contributed by atoms with van der Waals surface area (Å²) in [5.74, 6) is 0.591. The van der Waals surface area contributed by atoms with E-state index >= 15 is 0 Å². The van der Waals surface area contributed by atoms with Crippen molar-refractivity contribution in [2.45, 2.75) is 38.3 Å². The second-order valence-corrected chi connectivity index (χ2v) is 4.74. The maximum absolute atomic E-state index is 5.81. The van der Waals surface area contributed by atoms with Crippen LogP contribution in [0.5, 0.6) is 0 Å². The van der Waals surface area contributed by atoms with Crippen LogP contribution in [0.15, 0.2) is 21.8 Å². The zero-order chi connectivity index (χ0) is 10.5. The minimum atomic E-state index is 0.552. The summed E-state index contributed by atoms with van der Waals surface area (Å²) < 4.78 is 0. The summed E-state index contributed by atoms with van der Waals surface area (Å²) in [5.41, 5.74) is 7.04. The van der Waals surface area contributed by atoms with Crippen LogP contribution in [0.3, 0.4) is 0 Å². The molecule has 0 bridgehead atoms. The third kappa shape index (κ3) is 3.23. The quantitative estimate of drug-likeness (QED) is 0.609. The van der Waals surface area contributed by atoms with Crippen LogP contribution in [0.25, 0.3) is 0 Å². The smallest absolute Gasteiger partial charge is 0.189 e. The number of nitrogens with zero attached hydrogens (tertiary/aromatic N) is 1. The Labute approximate surface area is 94.4 Å². The highest BCUT2D eigenvalue weighted by Crippen LogP contribution is 2.17. The molecular formula is C11H17N3S. The molecule has 2 rings (SSSR count). The number of hydrogen-bond acceptors (Lipinski definition) is 2. The third-order valence-corrected chi connectivity index (χ3v) is 3.45. The molecule has 1 aromatic heterocycles. The van der Waals surface area contributed by atoms with Gasteiger partial charge in [0.15, 0.2) is 5.96 Å². The van der Waals surface area contributed by atoms with Crippen molar-refractivity contribution in [1.82, 2.24) is 5.32 Å². The topological polar surface area (TPSA) is 50.4 Å². The molecule has 0 aliphatic heterocycles. The number of aliphatic imine (C=N–C) groups is 1. The van der Waals surface area contributed by atoms with Crippen molar-refractivity contribution >= 4 is 17.3 Å². The predicted octanol–water partition coefficient (Wildman–Crippen LogP) is 2.09. The predicted molar refractivity (Wildman–Crippen MR) is 65.0 cm³/mol. The Balaban J connectivity index is 1.79. The fraction of sp³-hybridized carbons (Fsp3) is 0.545. The first kappa shape index (κ1) is 10.5. The lowest BCUT2D eigenvalue weighted by Crippen LogP contribution is -2.38. The molecule has 0 saturated heterocycles. The Kier molecular flexibility index (Phi) is 3.61. The first-order valence-corrected chi connectivity index (χ1v) is 6.36. The van der Waals surface area contributed by atoms with Crippen LogP contribution in [0, 0.1) is 0 Å². The molecule has 1 saturated carbocycles. The molecular weight excluding hydrogens is 206 g/mol. The van der Waals surface area contributed by atoms with Crippen LogP contribution >= 0.6 is 11.3 Å². The molecule has 0 aromatic carbocycles. The van der Waals surface area contributed by atoms with Crippen molar-refractivity contribution in [3.63, 3.8) is 0 Å². The molecule has 3 nitrogen and oxygen atoms in total. The Hall–Kier alpha value is -1.03. The molecule has 1 heterocycles. The van der Waals surface area contributed by atoms with Gasteiger partial charge < -0.3 is 11.1 Å². The first-order chi connectivity index (χ1) is 7.34. The monoisotopic (exact) mass is 223 g/mol. The number of nitrogens with one attached hydrogen (secondary N) is 1. The maximum Gasteiger partial charge on any atom is 0.189 e. The lowest BCUT2D eigenvalue weighted by atomic mass is 10.2. The number of nitrogens with two attached hydrogens (primary N) is 1. The maximum atomic E-state index is 5.81. The molecule has 0 unspecified atom stereocenters. The number of guanidine groups is 1. The van der Waals surface area contributed by atoms with Crippen LogP contribution in [-0.4, -0.2) is 12.0 Å². The Morgan fingerprint density at radius 3 is 3.00 bits per heavy atom. The van der Waals surface area contributed by atoms with Gasteiger partial charge in [-0.25, -0.2) is 4.99 Å². The van der Waals surface area contributed by atoms with Gasteiger partial charge in [0, 0.05) is 6.04 Å². The van der Waals surface area contributed by atoms with Crippen LogP contribution in [0.2, 0.25) is 0 Å². The zero-order valence-electron chi connectivity index (χ0n) is 8.78. The molecule has 1 aliphatic rings. The van der Waals surface area contributed by atoms with E-state index in [1.807, 2.05) is 0 Å². The van der Waals surface area contributed by atoms with Crippen molar-refractivity contribution in [2.24, 2.45) is 10.7 Å². The third-order valence-electron chi connectivity index (χ3n) is 2.72. The van der Waals surface area contributed by atoms with Crippen molar-refractivity contribution in [3.8, 4) is 0 Å². The molecule has 1 aliphatic carbocycles. The molecule has 4 heteroatoms. The summed E-state index contributed by atoms with van der Waals surface area (Å²) in [6, 6.07) is 2.63. The fourth-order valence-electron chi connectivity index (χ4n) is 1.88. The Morgan fingerprint density at radius 1 is 1.53 bits per heavy atom. The summed E-state index contributed by atoms with van der Waals surface area (Å²) >= 11 is 1.69. The van der Waals surface area contributed by atoms with E-state index in [4.69, 9.17) is 5.73 Å². The molecule has 0 amide bonds. The highest BCUT2D eigenvalue weighted by atomic mass is 32.1. The van der Waals surface area contributed by atoms with Crippen molar-refractivity contribution in [2.75, 3.05) is 0 Å². The van der Waals surface area contributed by atoms with E-state index < -0.39 is 0 Å². The van der Waals surface area contributed by atoms with Gasteiger partial charge >= 0.3 is 0 Å². The van der Waals surface area contributed by atoms with Gasteiger partial charge in [0.25, 0.3) is 0 Å². The van der Waals surface area contributed by atoms with Gasteiger partial charge in [0.2, 0.25) is 0 Å². The largest absolute Gasteiger partial charge is 0.370 e. The van der Waals surface area contributed by atoms with Crippen molar-refractivity contribution < 1.29 is 0 Å². The average molecular weight is 223 g/mol. The van der Waals surface area contributed by atoms with E-state index in [2.05, 4.69) is 27.1 Å². The van der Waals surface area contributed by atoms with Crippen LogP contribution in [0.1, 0.15) is 31.2 Å². The van der Waals surface area contributed by atoms with E-state index in [0.29, 0.717) is 18.5 Å². The summed E-state index contributed by atoms with van der Waals surface area (Å²) in [7, 11) is 0. The van der Waals surface area contributed by atoms with E-state index in [1.165, 1.54) is 31.2 Å². The number of thiophene rings is 1. The molecule has 1 aromatic rings. The van der Waals surface area contributed by atoms with E-state index in [0.717, 1.165) is 0 Å². The number of hydrogen-bond donors (Lipinski definition) is 2. The van der Waals surface area contributed by atoms with Crippen LogP contribution < -0.4 is 11.1 Å². The van der Waals surface area contributed by atoms with Gasteiger partial charge in [0.05, 0.1) is 6.54 Å². The standard InChI is InChI=1S/C11H17N3S/c12-11(14-10-3-1-2-4-10)13-7-9-5-6-15-8-9/h5-6,8,10H,1-4,7H2,(H3,12,13,14). The lowest BCUT2D eigenvalue weighted by molar-refractivity contribution is 0.625. The Morgan fingerprint density at radius 2 is 2.33 bits per heavy atom. The normalized spacial score (nSPS) is 18.3. The highest BCUT2D eigenvalue weighted by molar-refractivity contribution is 7.07. The Bertz CT molecular complexity index is 313. The first-order valence-electron chi connectivity index (χ1n) is 5.42. The van der Waals surface area contributed by atoms with E-state index in [1.54, 1.807) is 11.3 Å². The van der Waals surface area contributed by atoms with Crippen LogP contribution in [0.4, 0.5) is 0 Å². The van der Waals surface area contributed by atoms with Crippen LogP contribution in [-0.2, 0) is 6.54 Å². The molecule has 82 valence electrons. The van der Waals surface area contributed by atoms with Gasteiger partial charge in [-0.2, -0.15) is 11.3 Å². The molecule has 0 radical (unpaired) electrons. The molecule has 0 spiro atoms. The van der Waals surface area contributed by atoms with E-state index in [-0.39, 0.29) is 0 Å². The summed E-state index contributed by atoms with van der Waals surface area (Å²) in [6.07, 6.45) is 5.09. The van der Waals surface area contributed by atoms with Gasteiger partial charge in [-0.05, 0) is 35.2 Å². The lowest BCUT2D eigenvalue weighted by Gasteiger charge is -2.11. The van der Waals surface area contributed by atoms with Crippen molar-refractivity contribution in [3.05, 3.63) is 22.4 Å². The van der Waals surface area contributed by atoms with Gasteiger partial charge in [-0.1, -0.05) is 12.8 Å². The molecule has 15 heavy (non-hydrogen) atoms. The van der Waals surface area contributed by atoms with Gasteiger partial charge in [-0.3, -0.25) is 0 Å². The van der Waals surface area contributed by atoms with Crippen molar-refractivity contribution in [1.29, 1.82) is 0 Å². The van der Waals surface area contributed by atoms with E-state index in [9.17, 15) is 0 Å². The number of rotatable bonds is 3. The summed E-state index contributed by atoms with van der Waals surface area (Å²) in [5, 5.41) is 7.44. The minimum absolute atomic E-state index is 0.552. The summed E-state index contributed by atoms with van der Waals surface area (Å²) in [4.78, 5) is 4.32. The fourth-order valence-corrected chi connectivity index (χ4v) is 2.54. The van der Waals surface area contributed by atoms with Gasteiger partial charge in [0.1, 0.15) is 0 Å². The molecule has 1 fully saturated rings. The second kappa shape index (κ2) is 5.16. The molecule has 0 atom stereocenters. The minimum Gasteiger partial charge on any atom is -0.370 e.